The lowest BCUT2D eigenvalue weighted by Gasteiger charge is -2.33. The molecule has 0 bridgehead atoms. The molecule has 0 N–H and O–H groups in total. The number of rotatable bonds is 2. The Hall–Kier alpha value is -0.190. The van der Waals surface area contributed by atoms with Crippen molar-refractivity contribution in [2.45, 2.75) is 18.6 Å². The normalized spacial score (nSPS) is 21.2. The maximum atomic E-state index is 6.04. The second kappa shape index (κ2) is 5.43. The van der Waals surface area contributed by atoms with Crippen molar-refractivity contribution < 1.29 is 0 Å². The summed E-state index contributed by atoms with van der Waals surface area (Å²) in [5.74, 6) is 1.12. The van der Waals surface area contributed by atoms with Gasteiger partial charge in [-0.3, -0.25) is 0 Å². The molecule has 0 aromatic carbocycles. The van der Waals surface area contributed by atoms with Crippen LogP contribution in [0, 0.1) is 0 Å². The third kappa shape index (κ3) is 2.73. The molecule has 1 saturated heterocycles. The van der Waals surface area contributed by atoms with E-state index in [1.165, 1.54) is 6.42 Å². The van der Waals surface area contributed by atoms with Crippen LogP contribution >= 0.6 is 35.0 Å². The monoisotopic (exact) mass is 277 g/mol. The molecule has 3 nitrogen and oxygen atoms in total. The first-order valence-electron chi connectivity index (χ1n) is 5.26. The van der Waals surface area contributed by atoms with Crippen LogP contribution in [-0.4, -0.2) is 34.3 Å². The molecule has 1 aromatic heterocycles. The van der Waals surface area contributed by atoms with Gasteiger partial charge in [0.1, 0.15) is 0 Å². The first-order chi connectivity index (χ1) is 7.70. The average Bonchev–Trinajstić information content (AvgIpc) is 2.32. The Labute approximate surface area is 110 Å². The zero-order valence-corrected chi connectivity index (χ0v) is 11.3. The molecule has 1 aliphatic rings. The van der Waals surface area contributed by atoms with Crippen molar-refractivity contribution in [2.75, 3.05) is 23.7 Å². The third-order valence-corrected chi connectivity index (χ3v) is 4.46. The fraction of sp³-hybridized carbons (Fsp3) is 0.600. The molecule has 1 aromatic rings. The lowest BCUT2D eigenvalue weighted by Crippen LogP contribution is -2.37. The largest absolute Gasteiger partial charge is 0.367 e. The maximum absolute atomic E-state index is 6.04. The topological polar surface area (TPSA) is 29.0 Å². The zero-order valence-electron chi connectivity index (χ0n) is 8.99. The molecule has 2 rings (SSSR count). The van der Waals surface area contributed by atoms with Crippen molar-refractivity contribution in [3.8, 4) is 0 Å². The number of thioether (sulfide) groups is 1. The molecule has 2 heterocycles. The van der Waals surface area contributed by atoms with Gasteiger partial charge in [0.2, 0.25) is 0 Å². The molecule has 0 radical (unpaired) electrons. The van der Waals surface area contributed by atoms with Crippen molar-refractivity contribution in [3.05, 3.63) is 16.4 Å². The van der Waals surface area contributed by atoms with E-state index in [-0.39, 0.29) is 0 Å². The quantitative estimate of drug-likeness (QED) is 0.831. The van der Waals surface area contributed by atoms with Crippen molar-refractivity contribution >= 4 is 40.7 Å². The Kier molecular flexibility index (Phi) is 4.16. The molecule has 1 fully saturated rings. The fourth-order valence-corrected chi connectivity index (χ4v) is 3.28. The van der Waals surface area contributed by atoms with E-state index in [2.05, 4.69) is 22.0 Å². The Balaban J connectivity index is 2.19. The van der Waals surface area contributed by atoms with Crippen molar-refractivity contribution in [1.29, 1.82) is 0 Å². The zero-order chi connectivity index (χ0) is 11.5. The molecule has 16 heavy (non-hydrogen) atoms. The van der Waals surface area contributed by atoms with E-state index in [0.29, 0.717) is 15.6 Å². The first kappa shape index (κ1) is 12.3. The van der Waals surface area contributed by atoms with E-state index < -0.39 is 0 Å². The summed E-state index contributed by atoms with van der Waals surface area (Å²) in [6.07, 6.45) is 1.17. The third-order valence-electron chi connectivity index (χ3n) is 2.64. The lowest BCUT2D eigenvalue weighted by molar-refractivity contribution is 0.725. The predicted octanol–water partition coefficient (Wildman–Crippen LogP) is 3.12. The minimum atomic E-state index is 0.394. The summed E-state index contributed by atoms with van der Waals surface area (Å²) in [4.78, 5) is 2.24. The highest BCUT2D eigenvalue weighted by Crippen LogP contribution is 2.30. The van der Waals surface area contributed by atoms with E-state index in [1.807, 2.05) is 11.8 Å². The Morgan fingerprint density at radius 2 is 2.31 bits per heavy atom. The van der Waals surface area contributed by atoms with Crippen molar-refractivity contribution in [3.63, 3.8) is 0 Å². The fourth-order valence-electron chi connectivity index (χ4n) is 1.75. The molecule has 6 heteroatoms. The molecule has 1 atom stereocenters. The first-order valence-corrected chi connectivity index (χ1v) is 7.06. The molecule has 0 saturated carbocycles. The number of hydrogen-bond acceptors (Lipinski definition) is 4. The van der Waals surface area contributed by atoms with Gasteiger partial charge in [0.25, 0.3) is 0 Å². The number of nitrogens with zero attached hydrogens (tertiary/aromatic N) is 3. The smallest absolute Gasteiger partial charge is 0.175 e. The average molecular weight is 278 g/mol. The van der Waals surface area contributed by atoms with Crippen molar-refractivity contribution in [1.82, 2.24) is 10.2 Å². The van der Waals surface area contributed by atoms with Crippen LogP contribution in [0.5, 0.6) is 0 Å². The number of hydrogen-bond donors (Lipinski definition) is 0. The second-order valence-corrected chi connectivity index (χ2v) is 5.84. The van der Waals surface area contributed by atoms with Crippen molar-refractivity contribution in [2.24, 2.45) is 0 Å². The lowest BCUT2D eigenvalue weighted by atomic mass is 10.2. The van der Waals surface area contributed by atoms with Gasteiger partial charge in [-0.05, 0) is 6.42 Å². The molecule has 0 aliphatic carbocycles. The molecule has 1 unspecified atom stereocenters. The second-order valence-electron chi connectivity index (χ2n) is 3.69. The summed E-state index contributed by atoms with van der Waals surface area (Å²) in [5.41, 5.74) is 0.903. The van der Waals surface area contributed by atoms with Gasteiger partial charge >= 0.3 is 0 Å². The van der Waals surface area contributed by atoms with E-state index in [4.69, 9.17) is 23.2 Å². The maximum Gasteiger partial charge on any atom is 0.175 e. The number of anilines is 1. The highest BCUT2D eigenvalue weighted by Gasteiger charge is 2.21. The summed E-state index contributed by atoms with van der Waals surface area (Å²) in [5, 5.41) is 9.06. The predicted molar refractivity (Wildman–Crippen MR) is 70.8 cm³/mol. The number of aromatic nitrogens is 2. The van der Waals surface area contributed by atoms with Crippen LogP contribution in [0.25, 0.3) is 0 Å². The van der Waals surface area contributed by atoms with Gasteiger partial charge in [-0.1, -0.05) is 30.1 Å². The van der Waals surface area contributed by atoms with Gasteiger partial charge < -0.3 is 4.90 Å². The van der Waals surface area contributed by atoms with E-state index in [9.17, 15) is 0 Å². The van der Waals surface area contributed by atoms with Crippen LogP contribution in [0.2, 0.25) is 10.3 Å². The summed E-state index contributed by atoms with van der Waals surface area (Å²) >= 11 is 13.9. The minimum absolute atomic E-state index is 0.394. The summed E-state index contributed by atoms with van der Waals surface area (Å²) < 4.78 is 0. The molecular weight excluding hydrogens is 265 g/mol. The highest BCUT2D eigenvalue weighted by atomic mass is 35.5. The molecule has 88 valence electrons. The minimum Gasteiger partial charge on any atom is -0.367 e. The molecule has 0 amide bonds. The van der Waals surface area contributed by atoms with Gasteiger partial charge in [0, 0.05) is 30.2 Å². The Morgan fingerprint density at radius 3 is 3.06 bits per heavy atom. The molecule has 1 aliphatic heterocycles. The Morgan fingerprint density at radius 1 is 1.50 bits per heavy atom. The SMILES string of the molecule is CCC1CN(c2cc(Cl)nnc2Cl)CCS1. The van der Waals surface area contributed by atoms with Gasteiger partial charge in [0.15, 0.2) is 10.3 Å². The number of halogens is 2. The van der Waals surface area contributed by atoms with Gasteiger partial charge in [-0.25, -0.2) is 0 Å². The van der Waals surface area contributed by atoms with Crippen LogP contribution in [0.15, 0.2) is 6.07 Å². The molecule has 0 spiro atoms. The highest BCUT2D eigenvalue weighted by molar-refractivity contribution is 8.00. The van der Waals surface area contributed by atoms with E-state index in [1.54, 1.807) is 6.07 Å². The van der Waals surface area contributed by atoms with Crippen LogP contribution in [0.3, 0.4) is 0 Å². The Bertz CT molecular complexity index is 375. The van der Waals surface area contributed by atoms with Gasteiger partial charge in [-0.15, -0.1) is 10.2 Å². The summed E-state index contributed by atoms with van der Waals surface area (Å²) in [6.45, 7) is 4.20. The van der Waals surface area contributed by atoms with Gasteiger partial charge in [-0.2, -0.15) is 11.8 Å². The van der Waals surface area contributed by atoms with E-state index >= 15 is 0 Å². The van der Waals surface area contributed by atoms with Crippen LogP contribution < -0.4 is 4.90 Å². The molecular formula is C10H13Cl2N3S. The van der Waals surface area contributed by atoms with Crippen LogP contribution in [-0.2, 0) is 0 Å². The standard InChI is InChI=1S/C10H13Cl2N3S/c1-2-7-6-15(3-4-16-7)8-5-9(11)13-14-10(8)12/h5,7H,2-4,6H2,1H3. The van der Waals surface area contributed by atoms with Crippen LogP contribution in [0.1, 0.15) is 13.3 Å². The summed E-state index contributed by atoms with van der Waals surface area (Å²) in [7, 11) is 0. The summed E-state index contributed by atoms with van der Waals surface area (Å²) in [6, 6.07) is 1.79. The van der Waals surface area contributed by atoms with Gasteiger partial charge in [0.05, 0.1) is 5.69 Å². The van der Waals surface area contributed by atoms with Crippen LogP contribution in [0.4, 0.5) is 5.69 Å². The van der Waals surface area contributed by atoms with E-state index in [0.717, 1.165) is 24.5 Å².